The highest BCUT2D eigenvalue weighted by Gasteiger charge is 2.03. The summed E-state index contributed by atoms with van der Waals surface area (Å²) >= 11 is 0. The summed E-state index contributed by atoms with van der Waals surface area (Å²) in [6.45, 7) is 4.86. The van der Waals surface area contributed by atoms with Gasteiger partial charge in [0.1, 0.15) is 0 Å². The lowest BCUT2D eigenvalue weighted by Gasteiger charge is -2.02. The second-order valence-corrected chi connectivity index (χ2v) is 5.77. The molecule has 0 fully saturated rings. The molecular weight excluding hydrogens is 228 g/mol. The molecule has 0 amide bonds. The summed E-state index contributed by atoms with van der Waals surface area (Å²) in [5, 5.41) is -0.135. The van der Waals surface area contributed by atoms with E-state index in [1.165, 1.54) is 36.5 Å². The molecule has 0 saturated heterocycles. The van der Waals surface area contributed by atoms with E-state index in [4.69, 9.17) is 4.74 Å². The van der Waals surface area contributed by atoms with Gasteiger partial charge in [-0.2, -0.15) is 0 Å². The Balaban J connectivity index is 3.10. The summed E-state index contributed by atoms with van der Waals surface area (Å²) in [7, 11) is 2.85. The van der Waals surface area contributed by atoms with Crippen LogP contribution in [-0.2, 0) is 4.74 Å². The Morgan fingerprint density at radius 1 is 1.07 bits per heavy atom. The molecule has 0 rings (SSSR count). The van der Waals surface area contributed by atoms with Gasteiger partial charge in [-0.05, 0) is 12.8 Å². The molecule has 0 saturated carbocycles. The Labute approximate surface area is 101 Å². The quantitative estimate of drug-likeness (QED) is 0.331. The molecule has 0 aliphatic rings. The third-order valence-corrected chi connectivity index (χ3v) is 4.01. The molecule has 0 heterocycles. The molecule has 4 heteroatoms. The van der Waals surface area contributed by atoms with E-state index in [1.807, 2.05) is 0 Å². The van der Waals surface area contributed by atoms with Crippen molar-refractivity contribution < 1.29 is 9.53 Å². The molecule has 90 valence electrons. The molecular formula is C11H22O2S2. The van der Waals surface area contributed by atoms with Crippen LogP contribution in [0.3, 0.4) is 0 Å². The van der Waals surface area contributed by atoms with Gasteiger partial charge in [-0.25, -0.2) is 4.79 Å². The van der Waals surface area contributed by atoms with Crippen molar-refractivity contribution in [2.24, 2.45) is 0 Å². The zero-order chi connectivity index (χ0) is 11.4. The molecule has 0 aromatic heterocycles. The van der Waals surface area contributed by atoms with Crippen LogP contribution in [0.4, 0.5) is 4.79 Å². The molecule has 0 atom stereocenters. The van der Waals surface area contributed by atoms with E-state index in [0.717, 1.165) is 18.6 Å². The molecule has 0 aromatic carbocycles. The number of ether oxygens (including phenoxy) is 1. The standard InChI is InChI=1S/C11H22O2S2/c1-3-5-7-8-10-14-15-11(12)13-9-6-4-2/h3-10H2,1-2H3. The zero-order valence-corrected chi connectivity index (χ0v) is 11.4. The van der Waals surface area contributed by atoms with Gasteiger partial charge < -0.3 is 4.74 Å². The highest BCUT2D eigenvalue weighted by molar-refractivity contribution is 8.82. The number of hydrogen-bond donors (Lipinski definition) is 0. The summed E-state index contributed by atoms with van der Waals surface area (Å²) < 4.78 is 5.01. The fourth-order valence-corrected chi connectivity index (χ4v) is 2.67. The molecule has 0 unspecified atom stereocenters. The van der Waals surface area contributed by atoms with Gasteiger partial charge in [0.2, 0.25) is 0 Å². The maximum Gasteiger partial charge on any atom is 0.378 e. The van der Waals surface area contributed by atoms with Gasteiger partial charge in [0.25, 0.3) is 0 Å². The van der Waals surface area contributed by atoms with Crippen molar-refractivity contribution in [3.05, 3.63) is 0 Å². The van der Waals surface area contributed by atoms with E-state index in [9.17, 15) is 4.79 Å². The van der Waals surface area contributed by atoms with Gasteiger partial charge in [-0.15, -0.1) is 0 Å². The number of carbonyl (C=O) groups is 1. The average Bonchev–Trinajstić information content (AvgIpc) is 2.23. The predicted molar refractivity (Wildman–Crippen MR) is 70.4 cm³/mol. The van der Waals surface area contributed by atoms with Crippen molar-refractivity contribution >= 4 is 26.9 Å². The molecule has 2 nitrogen and oxygen atoms in total. The zero-order valence-electron chi connectivity index (χ0n) is 9.79. The maximum atomic E-state index is 11.1. The molecule has 0 aliphatic heterocycles. The fraction of sp³-hybridized carbons (Fsp3) is 0.909. The van der Waals surface area contributed by atoms with Crippen molar-refractivity contribution in [1.29, 1.82) is 0 Å². The van der Waals surface area contributed by atoms with Gasteiger partial charge >= 0.3 is 5.30 Å². The first-order valence-electron chi connectivity index (χ1n) is 5.77. The van der Waals surface area contributed by atoms with E-state index >= 15 is 0 Å². The van der Waals surface area contributed by atoms with Crippen LogP contribution in [0, 0.1) is 0 Å². The lowest BCUT2D eigenvalue weighted by Crippen LogP contribution is -1.97. The van der Waals surface area contributed by atoms with Gasteiger partial charge in [0.15, 0.2) is 0 Å². The van der Waals surface area contributed by atoms with Crippen molar-refractivity contribution in [1.82, 2.24) is 0 Å². The van der Waals surface area contributed by atoms with E-state index in [1.54, 1.807) is 10.8 Å². The molecule has 0 radical (unpaired) electrons. The lowest BCUT2D eigenvalue weighted by atomic mass is 10.2. The minimum Gasteiger partial charge on any atom is -0.457 e. The second-order valence-electron chi connectivity index (χ2n) is 3.42. The third-order valence-electron chi connectivity index (χ3n) is 1.93. The molecule has 0 N–H and O–H groups in total. The number of unbranched alkanes of at least 4 members (excludes halogenated alkanes) is 4. The van der Waals surface area contributed by atoms with Crippen molar-refractivity contribution in [3.8, 4) is 0 Å². The largest absolute Gasteiger partial charge is 0.457 e. The average molecular weight is 250 g/mol. The topological polar surface area (TPSA) is 26.3 Å². The Morgan fingerprint density at radius 3 is 2.47 bits per heavy atom. The van der Waals surface area contributed by atoms with E-state index in [0.29, 0.717) is 6.61 Å². The predicted octanol–water partition coefficient (Wildman–Crippen LogP) is 4.88. The van der Waals surface area contributed by atoms with E-state index in [2.05, 4.69) is 13.8 Å². The maximum absolute atomic E-state index is 11.1. The van der Waals surface area contributed by atoms with Crippen LogP contribution in [0.5, 0.6) is 0 Å². The third kappa shape index (κ3) is 12.1. The van der Waals surface area contributed by atoms with E-state index in [-0.39, 0.29) is 5.30 Å². The summed E-state index contributed by atoms with van der Waals surface area (Å²) in [5.41, 5.74) is 0. The van der Waals surface area contributed by atoms with Crippen LogP contribution < -0.4 is 0 Å². The monoisotopic (exact) mass is 250 g/mol. The smallest absolute Gasteiger partial charge is 0.378 e. The molecule has 0 spiro atoms. The number of hydrogen-bond acceptors (Lipinski definition) is 4. The van der Waals surface area contributed by atoms with Crippen LogP contribution in [0.15, 0.2) is 0 Å². The van der Waals surface area contributed by atoms with Gasteiger partial charge in [0.05, 0.1) is 6.61 Å². The summed E-state index contributed by atoms with van der Waals surface area (Å²) in [6, 6.07) is 0. The highest BCUT2D eigenvalue weighted by atomic mass is 33.1. The molecule has 15 heavy (non-hydrogen) atoms. The highest BCUT2D eigenvalue weighted by Crippen LogP contribution is 2.25. The SMILES string of the molecule is CCCCCCSSC(=O)OCCCC. The molecule has 0 aliphatic carbocycles. The minimum atomic E-state index is -0.135. The van der Waals surface area contributed by atoms with Gasteiger partial charge in [0, 0.05) is 16.5 Å². The van der Waals surface area contributed by atoms with Gasteiger partial charge in [-0.1, -0.05) is 50.3 Å². The van der Waals surface area contributed by atoms with E-state index < -0.39 is 0 Å². The first kappa shape index (κ1) is 15.2. The Morgan fingerprint density at radius 2 is 1.80 bits per heavy atom. The second kappa shape index (κ2) is 12.2. The minimum absolute atomic E-state index is 0.135. The Bertz CT molecular complexity index is 152. The number of rotatable bonds is 9. The first-order valence-corrected chi connectivity index (χ1v) is 8.09. The van der Waals surface area contributed by atoms with Crippen LogP contribution in [-0.4, -0.2) is 17.7 Å². The van der Waals surface area contributed by atoms with Crippen molar-refractivity contribution in [2.75, 3.05) is 12.4 Å². The normalized spacial score (nSPS) is 10.3. The van der Waals surface area contributed by atoms with Crippen LogP contribution in [0.2, 0.25) is 0 Å². The molecule has 0 bridgehead atoms. The van der Waals surface area contributed by atoms with Crippen LogP contribution >= 0.6 is 21.6 Å². The summed E-state index contributed by atoms with van der Waals surface area (Å²) in [6.07, 6.45) is 7.07. The van der Waals surface area contributed by atoms with Crippen LogP contribution in [0.1, 0.15) is 52.4 Å². The Hall–Kier alpha value is 0.170. The summed E-state index contributed by atoms with van der Waals surface area (Å²) in [5.74, 6) is 1.05. The van der Waals surface area contributed by atoms with Crippen molar-refractivity contribution in [3.63, 3.8) is 0 Å². The summed E-state index contributed by atoms with van der Waals surface area (Å²) in [4.78, 5) is 11.1. The molecule has 0 aromatic rings. The Kier molecular flexibility index (Phi) is 12.4. The fourth-order valence-electron chi connectivity index (χ4n) is 1.00. The lowest BCUT2D eigenvalue weighted by molar-refractivity contribution is 0.173. The number of carbonyl (C=O) groups excluding carboxylic acids is 1. The van der Waals surface area contributed by atoms with Crippen LogP contribution in [0.25, 0.3) is 0 Å². The van der Waals surface area contributed by atoms with Crippen molar-refractivity contribution in [2.45, 2.75) is 52.4 Å². The van der Waals surface area contributed by atoms with Gasteiger partial charge in [-0.3, -0.25) is 0 Å². The first-order chi connectivity index (χ1) is 7.31.